The summed E-state index contributed by atoms with van der Waals surface area (Å²) in [7, 11) is -3.34. The minimum absolute atomic E-state index is 0.362. The third-order valence-corrected chi connectivity index (χ3v) is 5.46. The first kappa shape index (κ1) is 13.5. The lowest BCUT2D eigenvalue weighted by Crippen LogP contribution is -2.29. The van der Waals surface area contributed by atoms with Crippen LogP contribution in [0, 0.1) is 5.92 Å². The van der Waals surface area contributed by atoms with Crippen LogP contribution < -0.4 is 5.73 Å². The highest BCUT2D eigenvalue weighted by molar-refractivity contribution is 7.89. The van der Waals surface area contributed by atoms with Gasteiger partial charge in [0, 0.05) is 19.6 Å². The molecule has 0 amide bonds. The molecule has 1 heterocycles. The highest BCUT2D eigenvalue weighted by atomic mass is 32.2. The van der Waals surface area contributed by atoms with E-state index in [1.807, 2.05) is 6.07 Å². The van der Waals surface area contributed by atoms with Crippen LogP contribution in [0.25, 0.3) is 0 Å². The minimum Gasteiger partial charge on any atom is -0.326 e. The number of nitrogens with zero attached hydrogens (tertiary/aromatic N) is 1. The number of hydrogen-bond donors (Lipinski definition) is 1. The van der Waals surface area contributed by atoms with Crippen LogP contribution in [0.5, 0.6) is 0 Å². The van der Waals surface area contributed by atoms with E-state index in [0.717, 1.165) is 18.4 Å². The molecule has 0 aromatic heterocycles. The predicted molar refractivity (Wildman–Crippen MR) is 71.5 cm³/mol. The SMILES string of the molecule is CCC1CCN(S(=O)(=O)c2cccc(CN)c2)C1. The summed E-state index contributed by atoms with van der Waals surface area (Å²) in [6.07, 6.45) is 2.00. The molecule has 5 heteroatoms. The Bertz CT molecular complexity index is 513. The molecule has 4 nitrogen and oxygen atoms in total. The van der Waals surface area contributed by atoms with Gasteiger partial charge in [-0.15, -0.1) is 0 Å². The Morgan fingerprint density at radius 2 is 2.22 bits per heavy atom. The smallest absolute Gasteiger partial charge is 0.243 e. The van der Waals surface area contributed by atoms with Crippen molar-refractivity contribution >= 4 is 10.0 Å². The van der Waals surface area contributed by atoms with Crippen LogP contribution in [0.4, 0.5) is 0 Å². The fourth-order valence-electron chi connectivity index (χ4n) is 2.33. The molecule has 1 fully saturated rings. The normalized spacial score (nSPS) is 21.3. The van der Waals surface area contributed by atoms with Gasteiger partial charge in [-0.2, -0.15) is 4.31 Å². The van der Waals surface area contributed by atoms with Crippen LogP contribution in [-0.2, 0) is 16.6 Å². The Morgan fingerprint density at radius 3 is 2.83 bits per heavy atom. The molecule has 0 saturated carbocycles. The standard InChI is InChI=1S/C13H20N2O2S/c1-2-11-6-7-15(10-11)18(16,17)13-5-3-4-12(8-13)9-14/h3-5,8,11H,2,6-7,9-10,14H2,1H3. The molecule has 0 spiro atoms. The fraction of sp³-hybridized carbons (Fsp3) is 0.538. The number of sulfonamides is 1. The molecule has 1 aliphatic heterocycles. The van der Waals surface area contributed by atoms with Gasteiger partial charge in [-0.25, -0.2) is 8.42 Å². The number of nitrogens with two attached hydrogens (primary N) is 1. The van der Waals surface area contributed by atoms with Crippen LogP contribution in [0.3, 0.4) is 0 Å². The molecule has 1 aromatic carbocycles. The zero-order chi connectivity index (χ0) is 13.2. The van der Waals surface area contributed by atoms with E-state index in [2.05, 4.69) is 6.92 Å². The molecule has 1 unspecified atom stereocenters. The van der Waals surface area contributed by atoms with Gasteiger partial charge in [-0.3, -0.25) is 0 Å². The largest absolute Gasteiger partial charge is 0.326 e. The van der Waals surface area contributed by atoms with Gasteiger partial charge in [0.25, 0.3) is 0 Å². The molecule has 1 aliphatic rings. The zero-order valence-electron chi connectivity index (χ0n) is 10.7. The molecule has 0 aliphatic carbocycles. The van der Waals surface area contributed by atoms with Crippen molar-refractivity contribution in [2.45, 2.75) is 31.2 Å². The molecular formula is C13H20N2O2S. The summed E-state index contributed by atoms with van der Waals surface area (Å²) in [5.74, 6) is 0.498. The van der Waals surface area contributed by atoms with Crippen LogP contribution in [0.15, 0.2) is 29.2 Å². The van der Waals surface area contributed by atoms with Gasteiger partial charge in [0.2, 0.25) is 10.0 Å². The first-order valence-corrected chi connectivity index (χ1v) is 7.81. The average Bonchev–Trinajstić information content (AvgIpc) is 2.88. The molecule has 18 heavy (non-hydrogen) atoms. The van der Waals surface area contributed by atoms with E-state index >= 15 is 0 Å². The summed E-state index contributed by atoms with van der Waals surface area (Å²) in [5.41, 5.74) is 6.40. The molecule has 1 aromatic rings. The van der Waals surface area contributed by atoms with Crippen LogP contribution >= 0.6 is 0 Å². The van der Waals surface area contributed by atoms with Gasteiger partial charge in [0.15, 0.2) is 0 Å². The molecule has 100 valence electrons. The maximum absolute atomic E-state index is 12.4. The summed E-state index contributed by atoms with van der Waals surface area (Å²) in [5, 5.41) is 0. The highest BCUT2D eigenvalue weighted by Gasteiger charge is 2.31. The van der Waals surface area contributed by atoms with Crippen molar-refractivity contribution in [3.63, 3.8) is 0 Å². The molecule has 2 rings (SSSR count). The minimum atomic E-state index is -3.34. The van der Waals surface area contributed by atoms with E-state index in [0.29, 0.717) is 30.4 Å². The van der Waals surface area contributed by atoms with E-state index in [-0.39, 0.29) is 0 Å². The molecular weight excluding hydrogens is 248 g/mol. The van der Waals surface area contributed by atoms with E-state index in [1.165, 1.54) is 0 Å². The summed E-state index contributed by atoms with van der Waals surface area (Å²) < 4.78 is 26.5. The number of benzene rings is 1. The van der Waals surface area contributed by atoms with E-state index in [4.69, 9.17) is 5.73 Å². The van der Waals surface area contributed by atoms with Gasteiger partial charge in [-0.1, -0.05) is 25.5 Å². The number of hydrogen-bond acceptors (Lipinski definition) is 3. The Morgan fingerprint density at radius 1 is 1.44 bits per heavy atom. The predicted octanol–water partition coefficient (Wildman–Crippen LogP) is 1.57. The van der Waals surface area contributed by atoms with Gasteiger partial charge in [-0.05, 0) is 30.0 Å². The summed E-state index contributed by atoms with van der Waals surface area (Å²) in [6.45, 7) is 3.75. The second-order valence-electron chi connectivity index (χ2n) is 4.78. The summed E-state index contributed by atoms with van der Waals surface area (Å²) in [6, 6.07) is 6.92. The van der Waals surface area contributed by atoms with Crippen molar-refractivity contribution in [3.8, 4) is 0 Å². The second kappa shape index (κ2) is 5.38. The Hall–Kier alpha value is -0.910. The average molecular weight is 268 g/mol. The maximum atomic E-state index is 12.4. The first-order valence-electron chi connectivity index (χ1n) is 6.37. The fourth-order valence-corrected chi connectivity index (χ4v) is 3.93. The van der Waals surface area contributed by atoms with Crippen molar-refractivity contribution in [1.29, 1.82) is 0 Å². The first-order chi connectivity index (χ1) is 8.57. The van der Waals surface area contributed by atoms with Crippen molar-refractivity contribution < 1.29 is 8.42 Å². The van der Waals surface area contributed by atoms with Gasteiger partial charge >= 0.3 is 0 Å². The van der Waals surface area contributed by atoms with Gasteiger partial charge < -0.3 is 5.73 Å². The monoisotopic (exact) mass is 268 g/mol. The van der Waals surface area contributed by atoms with Crippen molar-refractivity contribution in [2.24, 2.45) is 11.7 Å². The molecule has 2 N–H and O–H groups in total. The lowest BCUT2D eigenvalue weighted by Gasteiger charge is -2.16. The second-order valence-corrected chi connectivity index (χ2v) is 6.72. The van der Waals surface area contributed by atoms with Crippen LogP contribution in [-0.4, -0.2) is 25.8 Å². The van der Waals surface area contributed by atoms with Crippen molar-refractivity contribution in [1.82, 2.24) is 4.31 Å². The Labute approximate surface area is 109 Å². The van der Waals surface area contributed by atoms with E-state index < -0.39 is 10.0 Å². The van der Waals surface area contributed by atoms with E-state index in [1.54, 1.807) is 22.5 Å². The topological polar surface area (TPSA) is 63.4 Å². The van der Waals surface area contributed by atoms with Gasteiger partial charge in [0.05, 0.1) is 4.90 Å². The van der Waals surface area contributed by atoms with Gasteiger partial charge in [0.1, 0.15) is 0 Å². The third kappa shape index (κ3) is 2.58. The quantitative estimate of drug-likeness (QED) is 0.901. The van der Waals surface area contributed by atoms with Crippen molar-refractivity contribution in [2.75, 3.05) is 13.1 Å². The van der Waals surface area contributed by atoms with Crippen LogP contribution in [0.2, 0.25) is 0 Å². The maximum Gasteiger partial charge on any atom is 0.243 e. The summed E-state index contributed by atoms with van der Waals surface area (Å²) >= 11 is 0. The van der Waals surface area contributed by atoms with Crippen molar-refractivity contribution in [3.05, 3.63) is 29.8 Å². The lowest BCUT2D eigenvalue weighted by atomic mass is 10.1. The summed E-state index contributed by atoms with van der Waals surface area (Å²) in [4.78, 5) is 0.363. The highest BCUT2D eigenvalue weighted by Crippen LogP contribution is 2.26. The molecule has 1 atom stereocenters. The number of rotatable bonds is 4. The zero-order valence-corrected chi connectivity index (χ0v) is 11.5. The third-order valence-electron chi connectivity index (χ3n) is 3.60. The Balaban J connectivity index is 2.25. The van der Waals surface area contributed by atoms with Crippen LogP contribution in [0.1, 0.15) is 25.3 Å². The molecule has 1 saturated heterocycles. The Kier molecular flexibility index (Phi) is 4.04. The lowest BCUT2D eigenvalue weighted by molar-refractivity contribution is 0.453. The molecule has 0 bridgehead atoms. The van der Waals surface area contributed by atoms with E-state index in [9.17, 15) is 8.42 Å². The molecule has 0 radical (unpaired) electrons.